The van der Waals surface area contributed by atoms with Gasteiger partial charge in [0.1, 0.15) is 0 Å². The summed E-state index contributed by atoms with van der Waals surface area (Å²) in [5, 5.41) is 8.96. The summed E-state index contributed by atoms with van der Waals surface area (Å²) >= 11 is 0. The van der Waals surface area contributed by atoms with Crippen molar-refractivity contribution in [3.05, 3.63) is 35.4 Å². The van der Waals surface area contributed by atoms with Gasteiger partial charge in [0, 0.05) is 12.1 Å². The quantitative estimate of drug-likeness (QED) is 0.710. The van der Waals surface area contributed by atoms with Gasteiger partial charge in [0.2, 0.25) is 0 Å². The fraction of sp³-hybridized carbons (Fsp3) is 0.500. The van der Waals surface area contributed by atoms with Crippen LogP contribution in [-0.2, 0) is 0 Å². The van der Waals surface area contributed by atoms with E-state index in [1.54, 1.807) is 0 Å². The summed E-state index contributed by atoms with van der Waals surface area (Å²) in [6.07, 6.45) is 5.16. The third-order valence-electron chi connectivity index (χ3n) is 4.28. The van der Waals surface area contributed by atoms with Crippen LogP contribution in [0.5, 0.6) is 0 Å². The first kappa shape index (κ1) is 11.2. The molecule has 3 unspecified atom stereocenters. The van der Waals surface area contributed by atoms with Crippen LogP contribution in [0, 0.1) is 11.3 Å². The maximum absolute atomic E-state index is 8.96. The molecule has 2 nitrogen and oxygen atoms in total. The van der Waals surface area contributed by atoms with Gasteiger partial charge in [-0.25, -0.2) is 0 Å². The van der Waals surface area contributed by atoms with E-state index in [-0.39, 0.29) is 0 Å². The predicted molar refractivity (Wildman–Crippen MR) is 71.5 cm³/mol. The average Bonchev–Trinajstić information content (AvgIpc) is 2.61. The highest BCUT2D eigenvalue weighted by Gasteiger charge is 2.38. The topological polar surface area (TPSA) is 27.0 Å². The van der Waals surface area contributed by atoms with E-state index in [1.807, 2.05) is 12.1 Å². The largest absolute Gasteiger partial charge is 0.281 e. The molecule has 0 aliphatic carbocycles. The maximum Gasteiger partial charge on any atom is 0.0991 e. The Morgan fingerprint density at radius 1 is 1.24 bits per heavy atom. The molecule has 1 aromatic rings. The molecule has 0 N–H and O–H groups in total. The number of piperidine rings is 1. The lowest BCUT2D eigenvalue weighted by Gasteiger charge is -2.36. The number of nitrogens with zero attached hydrogens (tertiary/aromatic N) is 2. The number of hydrogen-bond acceptors (Lipinski definition) is 2. The summed E-state index contributed by atoms with van der Waals surface area (Å²) in [6, 6.07) is 11.9. The van der Waals surface area contributed by atoms with Gasteiger partial charge in [0.25, 0.3) is 0 Å². The SMILES string of the molecule is N#Cc1cccc(C2CC3CCC(C2)N3P)c1. The Balaban J connectivity index is 1.84. The fourth-order valence-corrected chi connectivity index (χ4v) is 3.89. The molecule has 0 amide bonds. The van der Waals surface area contributed by atoms with Crippen molar-refractivity contribution in [2.45, 2.75) is 43.7 Å². The molecule has 2 aliphatic heterocycles. The Hall–Kier alpha value is -0.900. The zero-order valence-electron chi connectivity index (χ0n) is 9.84. The summed E-state index contributed by atoms with van der Waals surface area (Å²) in [7, 11) is 2.90. The maximum atomic E-state index is 8.96. The molecule has 3 heteroatoms. The van der Waals surface area contributed by atoms with Gasteiger partial charge in [-0.3, -0.25) is 4.67 Å². The van der Waals surface area contributed by atoms with Gasteiger partial charge in [-0.15, -0.1) is 0 Å². The van der Waals surface area contributed by atoms with Crippen molar-refractivity contribution in [2.24, 2.45) is 0 Å². The van der Waals surface area contributed by atoms with Crippen LogP contribution >= 0.6 is 9.39 Å². The van der Waals surface area contributed by atoms with Gasteiger partial charge in [-0.05, 0) is 49.3 Å². The molecular formula is C14H17N2P. The highest BCUT2D eigenvalue weighted by Crippen LogP contribution is 2.44. The van der Waals surface area contributed by atoms with E-state index in [9.17, 15) is 0 Å². The van der Waals surface area contributed by atoms with E-state index in [2.05, 4.69) is 32.3 Å². The number of fused-ring (bicyclic) bond motifs is 2. The fourth-order valence-electron chi connectivity index (χ4n) is 3.35. The molecule has 3 rings (SSSR count). The molecule has 2 aliphatic rings. The zero-order valence-corrected chi connectivity index (χ0v) is 11.0. The van der Waals surface area contributed by atoms with Gasteiger partial charge in [-0.1, -0.05) is 21.5 Å². The first-order valence-corrected chi connectivity index (χ1v) is 6.82. The lowest BCUT2D eigenvalue weighted by atomic mass is 9.86. The van der Waals surface area contributed by atoms with Gasteiger partial charge < -0.3 is 0 Å². The van der Waals surface area contributed by atoms with Crippen LogP contribution in [0.15, 0.2) is 24.3 Å². The summed E-state index contributed by atoms with van der Waals surface area (Å²) in [5.41, 5.74) is 2.15. The second kappa shape index (κ2) is 4.41. The van der Waals surface area contributed by atoms with Gasteiger partial charge in [0.15, 0.2) is 0 Å². The van der Waals surface area contributed by atoms with Crippen LogP contribution in [0.4, 0.5) is 0 Å². The predicted octanol–water partition coefficient (Wildman–Crippen LogP) is 3.06. The van der Waals surface area contributed by atoms with Gasteiger partial charge in [-0.2, -0.15) is 5.26 Å². The summed E-state index contributed by atoms with van der Waals surface area (Å²) in [6.45, 7) is 0. The van der Waals surface area contributed by atoms with E-state index in [1.165, 1.54) is 31.2 Å². The van der Waals surface area contributed by atoms with Crippen molar-refractivity contribution in [1.82, 2.24) is 4.67 Å². The van der Waals surface area contributed by atoms with Crippen LogP contribution in [0.2, 0.25) is 0 Å². The molecule has 2 saturated heterocycles. The standard InChI is InChI=1S/C14H17N2P/c15-9-10-2-1-3-11(6-10)12-7-13-4-5-14(8-12)16(13)17/h1-3,6,12-14H,4-5,7-8,17H2. The molecule has 0 aromatic heterocycles. The minimum absolute atomic E-state index is 0.651. The van der Waals surface area contributed by atoms with Crippen molar-refractivity contribution in [1.29, 1.82) is 5.26 Å². The van der Waals surface area contributed by atoms with Crippen LogP contribution in [-0.4, -0.2) is 16.8 Å². The molecule has 0 radical (unpaired) electrons. The molecule has 0 saturated carbocycles. The third kappa shape index (κ3) is 1.99. The Kier molecular flexibility index (Phi) is 2.90. The second-order valence-corrected chi connectivity index (χ2v) is 5.83. The monoisotopic (exact) mass is 244 g/mol. The molecule has 2 heterocycles. The van der Waals surface area contributed by atoms with Crippen molar-refractivity contribution in [2.75, 3.05) is 0 Å². The lowest BCUT2D eigenvalue weighted by Crippen LogP contribution is -2.34. The van der Waals surface area contributed by atoms with Crippen molar-refractivity contribution < 1.29 is 0 Å². The average molecular weight is 244 g/mol. The van der Waals surface area contributed by atoms with Crippen LogP contribution in [0.1, 0.15) is 42.7 Å². The second-order valence-electron chi connectivity index (χ2n) is 5.24. The van der Waals surface area contributed by atoms with E-state index in [0.717, 1.165) is 17.6 Å². The minimum Gasteiger partial charge on any atom is -0.281 e. The number of rotatable bonds is 1. The Morgan fingerprint density at radius 2 is 1.94 bits per heavy atom. The minimum atomic E-state index is 0.651. The molecular weight excluding hydrogens is 227 g/mol. The van der Waals surface area contributed by atoms with Gasteiger partial charge >= 0.3 is 0 Å². The summed E-state index contributed by atoms with van der Waals surface area (Å²) in [5.74, 6) is 0.651. The Bertz CT molecular complexity index is 452. The van der Waals surface area contributed by atoms with Crippen molar-refractivity contribution >= 4 is 9.39 Å². The lowest BCUT2D eigenvalue weighted by molar-refractivity contribution is 0.244. The van der Waals surface area contributed by atoms with Crippen LogP contribution in [0.25, 0.3) is 0 Å². The molecule has 3 atom stereocenters. The van der Waals surface area contributed by atoms with E-state index >= 15 is 0 Å². The normalized spacial score (nSPS) is 32.4. The summed E-state index contributed by atoms with van der Waals surface area (Å²) < 4.78 is 2.48. The third-order valence-corrected chi connectivity index (χ3v) is 5.12. The Morgan fingerprint density at radius 3 is 2.59 bits per heavy atom. The van der Waals surface area contributed by atoms with Crippen molar-refractivity contribution in [3.63, 3.8) is 0 Å². The highest BCUT2D eigenvalue weighted by atomic mass is 31.0. The van der Waals surface area contributed by atoms with E-state index in [0.29, 0.717) is 5.92 Å². The molecule has 2 fully saturated rings. The Labute approximate surface area is 105 Å². The number of nitriles is 1. The molecule has 1 aromatic carbocycles. The molecule has 88 valence electrons. The van der Waals surface area contributed by atoms with Crippen molar-refractivity contribution in [3.8, 4) is 6.07 Å². The molecule has 17 heavy (non-hydrogen) atoms. The first-order chi connectivity index (χ1) is 8.28. The van der Waals surface area contributed by atoms with Gasteiger partial charge in [0.05, 0.1) is 11.6 Å². The summed E-state index contributed by atoms with van der Waals surface area (Å²) in [4.78, 5) is 0. The molecule has 0 spiro atoms. The zero-order chi connectivity index (χ0) is 11.8. The highest BCUT2D eigenvalue weighted by molar-refractivity contribution is 7.13. The first-order valence-electron chi connectivity index (χ1n) is 6.31. The molecule has 2 bridgehead atoms. The van der Waals surface area contributed by atoms with E-state index < -0.39 is 0 Å². The number of benzene rings is 1. The van der Waals surface area contributed by atoms with E-state index in [4.69, 9.17) is 5.26 Å². The number of hydrogen-bond donors (Lipinski definition) is 0. The van der Waals surface area contributed by atoms with Crippen LogP contribution < -0.4 is 0 Å². The van der Waals surface area contributed by atoms with Crippen LogP contribution in [0.3, 0.4) is 0 Å². The smallest absolute Gasteiger partial charge is 0.0991 e.